The number of nitrogens with zero attached hydrogens (tertiary/aromatic N) is 1. The number of fused-ring (bicyclic) bond motifs is 8. The Morgan fingerprint density at radius 3 is 2.20 bits per heavy atom. The van der Waals surface area contributed by atoms with Crippen LogP contribution in [0, 0.1) is 5.82 Å². The molecule has 50 heavy (non-hydrogen) atoms. The molecule has 0 radical (unpaired) electrons. The Kier molecular flexibility index (Phi) is 8.64. The van der Waals surface area contributed by atoms with Crippen molar-refractivity contribution < 1.29 is 18.6 Å². The molecule has 1 saturated heterocycles. The number of hydrogen-bond acceptors (Lipinski definition) is 5. The van der Waals surface area contributed by atoms with Crippen LogP contribution in [0.2, 0.25) is 0 Å². The Morgan fingerprint density at radius 2 is 1.54 bits per heavy atom. The molecule has 1 fully saturated rings. The summed E-state index contributed by atoms with van der Waals surface area (Å²) in [6, 6.07) is 28.9. The van der Waals surface area contributed by atoms with Gasteiger partial charge in [0.25, 0.3) is 0 Å². The second kappa shape index (κ2) is 13.1. The van der Waals surface area contributed by atoms with Gasteiger partial charge in [-0.3, -0.25) is 0 Å². The lowest BCUT2D eigenvalue weighted by atomic mass is 9.69. The third-order valence-electron chi connectivity index (χ3n) is 11.0. The van der Waals surface area contributed by atoms with Crippen LogP contribution >= 0.6 is 11.8 Å². The van der Waals surface area contributed by atoms with E-state index in [4.69, 9.17) is 14.2 Å². The first-order valence-electron chi connectivity index (χ1n) is 17.9. The van der Waals surface area contributed by atoms with Crippen LogP contribution in [-0.4, -0.2) is 39.7 Å². The van der Waals surface area contributed by atoms with Crippen molar-refractivity contribution >= 4 is 34.3 Å². The van der Waals surface area contributed by atoms with Crippen molar-refractivity contribution in [2.45, 2.75) is 55.4 Å². The fourth-order valence-electron chi connectivity index (χ4n) is 8.84. The largest absolute Gasteiger partial charge is 0.497 e. The minimum Gasteiger partial charge on any atom is -0.497 e. The summed E-state index contributed by atoms with van der Waals surface area (Å²) < 4.78 is 33.4. The van der Waals surface area contributed by atoms with Crippen LogP contribution in [0.5, 0.6) is 11.5 Å². The van der Waals surface area contributed by atoms with E-state index in [1.807, 2.05) is 18.2 Å². The fourth-order valence-corrected chi connectivity index (χ4v) is 9.28. The molecule has 0 N–H and O–H groups in total. The van der Waals surface area contributed by atoms with E-state index in [0.717, 1.165) is 96.6 Å². The standard InChI is InChI=1S/C44H44FNO3S/c1-5-20-43(21-6-2)39-28-34(50-4)16-18-36(39)40-38-27-33(47-3)15-17-35(38)42-37(41(40)43)19-22-44(49-42,29-7-11-31(45)12-8-29)30-9-13-32(14-10-30)46-23-25-48-26-24-46/h7-19,22,27-28H,5-6,20-21,23-26H2,1-4H3. The SMILES string of the molecule is CCCC1(CCC)c2cc(SC)ccc2-c2c1c1c(c3ccc(OC)cc23)OC(c2ccc(F)cc2)(c2ccc(N3CCOCC3)cc2)C=C1. The Labute approximate surface area is 299 Å². The zero-order valence-electron chi connectivity index (χ0n) is 29.4. The molecule has 3 aliphatic rings. The number of morpholine rings is 1. The molecule has 2 aliphatic heterocycles. The zero-order valence-corrected chi connectivity index (χ0v) is 30.2. The van der Waals surface area contributed by atoms with E-state index in [9.17, 15) is 4.39 Å². The van der Waals surface area contributed by atoms with Crippen LogP contribution in [0.1, 0.15) is 67.3 Å². The van der Waals surface area contributed by atoms with Crippen LogP contribution < -0.4 is 14.4 Å². The molecule has 1 aliphatic carbocycles. The highest BCUT2D eigenvalue weighted by Gasteiger charge is 2.47. The van der Waals surface area contributed by atoms with E-state index in [0.29, 0.717) is 0 Å². The van der Waals surface area contributed by atoms with E-state index < -0.39 is 5.60 Å². The van der Waals surface area contributed by atoms with E-state index >= 15 is 0 Å². The molecule has 0 spiro atoms. The number of halogens is 1. The van der Waals surface area contributed by atoms with Gasteiger partial charge in [-0.25, -0.2) is 4.39 Å². The van der Waals surface area contributed by atoms with Crippen LogP contribution in [0.25, 0.3) is 28.0 Å². The summed E-state index contributed by atoms with van der Waals surface area (Å²) in [5.74, 6) is 1.41. The summed E-state index contributed by atoms with van der Waals surface area (Å²) in [5, 5.41) is 2.18. The molecule has 4 nitrogen and oxygen atoms in total. The van der Waals surface area contributed by atoms with Crippen LogP contribution in [-0.2, 0) is 15.8 Å². The zero-order chi connectivity index (χ0) is 34.5. The van der Waals surface area contributed by atoms with Gasteiger partial charge in [0.1, 0.15) is 17.3 Å². The second-order valence-corrected chi connectivity index (χ2v) is 14.6. The van der Waals surface area contributed by atoms with E-state index in [-0.39, 0.29) is 11.2 Å². The van der Waals surface area contributed by atoms with E-state index in [2.05, 4.69) is 91.8 Å². The molecule has 0 amide bonds. The first-order chi connectivity index (χ1) is 24.5. The molecule has 2 heterocycles. The van der Waals surface area contributed by atoms with Crippen LogP contribution in [0.4, 0.5) is 10.1 Å². The maximum Gasteiger partial charge on any atom is 0.178 e. The molecular weight excluding hydrogens is 642 g/mol. The van der Waals surface area contributed by atoms with Gasteiger partial charge in [0.2, 0.25) is 0 Å². The van der Waals surface area contributed by atoms with Crippen molar-refractivity contribution in [1.29, 1.82) is 0 Å². The molecular formula is C44H44FNO3S. The Morgan fingerprint density at radius 1 is 0.840 bits per heavy atom. The van der Waals surface area contributed by atoms with Crippen molar-refractivity contribution in [3.05, 3.63) is 125 Å². The van der Waals surface area contributed by atoms with Crippen molar-refractivity contribution in [3.63, 3.8) is 0 Å². The number of methoxy groups -OCH3 is 1. The summed E-state index contributed by atoms with van der Waals surface area (Å²) in [7, 11) is 1.73. The highest BCUT2D eigenvalue weighted by atomic mass is 32.2. The topological polar surface area (TPSA) is 30.9 Å². The quantitative estimate of drug-likeness (QED) is 0.144. The highest BCUT2D eigenvalue weighted by Crippen LogP contribution is 2.61. The third kappa shape index (κ3) is 5.13. The van der Waals surface area contributed by atoms with Gasteiger partial charge in [0.05, 0.1) is 20.3 Å². The molecule has 5 aromatic carbocycles. The number of hydrogen-bond donors (Lipinski definition) is 0. The number of rotatable bonds is 9. The number of ether oxygens (including phenoxy) is 3. The highest BCUT2D eigenvalue weighted by molar-refractivity contribution is 7.98. The molecule has 256 valence electrons. The Balaban J connectivity index is 1.40. The van der Waals surface area contributed by atoms with Crippen molar-refractivity contribution in [2.75, 3.05) is 44.6 Å². The summed E-state index contributed by atoms with van der Waals surface area (Å²) in [6.45, 7) is 7.79. The first kappa shape index (κ1) is 32.9. The Hall–Kier alpha value is -4.26. The monoisotopic (exact) mass is 685 g/mol. The minimum absolute atomic E-state index is 0.162. The van der Waals surface area contributed by atoms with Crippen LogP contribution in [0.15, 0.2) is 95.9 Å². The Bertz CT molecular complexity index is 2080. The summed E-state index contributed by atoms with van der Waals surface area (Å²) in [6.07, 6.45) is 10.9. The molecule has 6 heteroatoms. The van der Waals surface area contributed by atoms with Gasteiger partial charge in [-0.05, 0) is 107 Å². The van der Waals surface area contributed by atoms with Crippen molar-refractivity contribution in [3.8, 4) is 22.6 Å². The maximum atomic E-state index is 14.4. The smallest absolute Gasteiger partial charge is 0.178 e. The number of benzene rings is 5. The molecule has 8 rings (SSSR count). The summed E-state index contributed by atoms with van der Waals surface area (Å²) >= 11 is 1.80. The van der Waals surface area contributed by atoms with E-state index in [1.165, 1.54) is 39.3 Å². The molecule has 0 saturated carbocycles. The molecule has 0 aromatic heterocycles. The average Bonchev–Trinajstić information content (AvgIpc) is 3.44. The van der Waals surface area contributed by atoms with Crippen LogP contribution in [0.3, 0.4) is 0 Å². The predicted molar refractivity (Wildman–Crippen MR) is 205 cm³/mol. The summed E-state index contributed by atoms with van der Waals surface area (Å²) in [5.41, 5.74) is 8.42. The molecule has 1 atom stereocenters. The van der Waals surface area contributed by atoms with Gasteiger partial charge in [-0.2, -0.15) is 0 Å². The lowest BCUT2D eigenvalue weighted by Crippen LogP contribution is -2.37. The molecule has 0 bridgehead atoms. The maximum absolute atomic E-state index is 14.4. The van der Waals surface area contributed by atoms with Gasteiger partial charge in [-0.1, -0.05) is 63.1 Å². The van der Waals surface area contributed by atoms with Gasteiger partial charge in [0, 0.05) is 51.2 Å². The van der Waals surface area contributed by atoms with Gasteiger partial charge < -0.3 is 19.1 Å². The number of thioether (sulfide) groups is 1. The van der Waals surface area contributed by atoms with Gasteiger partial charge in [0.15, 0.2) is 5.60 Å². The third-order valence-corrected chi connectivity index (χ3v) is 11.8. The molecule has 1 unspecified atom stereocenters. The predicted octanol–water partition coefficient (Wildman–Crippen LogP) is 10.8. The fraction of sp³-hybridized carbons (Fsp3) is 0.318. The first-order valence-corrected chi connectivity index (χ1v) is 19.1. The van der Waals surface area contributed by atoms with Gasteiger partial charge in [-0.15, -0.1) is 11.8 Å². The van der Waals surface area contributed by atoms with E-state index in [1.54, 1.807) is 18.9 Å². The minimum atomic E-state index is -0.971. The molecule has 5 aromatic rings. The average molecular weight is 686 g/mol. The van der Waals surface area contributed by atoms with Crippen molar-refractivity contribution in [1.82, 2.24) is 0 Å². The lowest BCUT2D eigenvalue weighted by Gasteiger charge is -2.40. The normalized spacial score (nSPS) is 18.8. The second-order valence-electron chi connectivity index (χ2n) is 13.7. The summed E-state index contributed by atoms with van der Waals surface area (Å²) in [4.78, 5) is 3.64. The lowest BCUT2D eigenvalue weighted by molar-refractivity contribution is 0.122. The number of anilines is 1. The van der Waals surface area contributed by atoms with Crippen molar-refractivity contribution in [2.24, 2.45) is 0 Å². The van der Waals surface area contributed by atoms with Gasteiger partial charge >= 0.3 is 0 Å².